The predicted molar refractivity (Wildman–Crippen MR) is 152 cm³/mol. The molecule has 3 aromatic rings. The third-order valence-corrected chi connectivity index (χ3v) is 6.72. The zero-order valence-electron chi connectivity index (χ0n) is 22.2. The highest BCUT2D eigenvalue weighted by Crippen LogP contribution is 2.26. The largest absolute Gasteiger partial charge is 0.353 e. The lowest BCUT2D eigenvalue weighted by Crippen LogP contribution is -2.29. The van der Waals surface area contributed by atoms with Crippen molar-refractivity contribution in [3.63, 3.8) is 0 Å². The lowest BCUT2D eigenvalue weighted by molar-refractivity contribution is 0.220. The van der Waals surface area contributed by atoms with Crippen LogP contribution in [0, 0.1) is 12.8 Å². The summed E-state index contributed by atoms with van der Waals surface area (Å²) in [5, 5.41) is 3.41. The van der Waals surface area contributed by atoms with E-state index in [4.69, 9.17) is 0 Å². The van der Waals surface area contributed by atoms with Gasteiger partial charge < -0.3 is 5.32 Å². The molecule has 1 aliphatic heterocycles. The topological polar surface area (TPSA) is 53.4 Å². The van der Waals surface area contributed by atoms with Crippen LogP contribution in [0.15, 0.2) is 72.3 Å². The van der Waals surface area contributed by atoms with Crippen molar-refractivity contribution in [3.05, 3.63) is 89.6 Å². The summed E-state index contributed by atoms with van der Waals surface area (Å²) >= 11 is 0. The maximum absolute atomic E-state index is 4.61. The fourth-order valence-electron chi connectivity index (χ4n) is 4.85. The summed E-state index contributed by atoms with van der Waals surface area (Å²) in [5.74, 6) is 0.584. The van der Waals surface area contributed by atoms with E-state index >= 15 is 0 Å². The van der Waals surface area contributed by atoms with Crippen LogP contribution >= 0.6 is 0 Å². The van der Waals surface area contributed by atoms with Gasteiger partial charge >= 0.3 is 0 Å². The van der Waals surface area contributed by atoms with E-state index in [1.54, 1.807) is 0 Å². The summed E-state index contributed by atoms with van der Waals surface area (Å²) in [7, 11) is 1.82. The van der Waals surface area contributed by atoms with Gasteiger partial charge in [-0.2, -0.15) is 0 Å². The SMILES string of the molecule is C=C(Nc1ccc(CC(C)C)nc1)C(=NC)c1cc(-c2cncc(CN3CCCCC3)c2)ccc1C. The van der Waals surface area contributed by atoms with Gasteiger partial charge in [0.2, 0.25) is 0 Å². The first-order chi connectivity index (χ1) is 17.4. The molecule has 1 aromatic carbocycles. The van der Waals surface area contributed by atoms with Crippen LogP contribution < -0.4 is 5.32 Å². The van der Waals surface area contributed by atoms with E-state index in [0.29, 0.717) is 5.92 Å². The Balaban J connectivity index is 1.52. The van der Waals surface area contributed by atoms with Crippen LogP contribution in [0.5, 0.6) is 0 Å². The number of likely N-dealkylation sites (tertiary alicyclic amines) is 1. The minimum Gasteiger partial charge on any atom is -0.353 e. The van der Waals surface area contributed by atoms with Gasteiger partial charge in [-0.25, -0.2) is 0 Å². The molecule has 1 fully saturated rings. The van der Waals surface area contributed by atoms with Crippen molar-refractivity contribution in [2.75, 3.05) is 25.5 Å². The summed E-state index contributed by atoms with van der Waals surface area (Å²) in [5.41, 5.74) is 9.37. The second-order valence-electron chi connectivity index (χ2n) is 10.3. The van der Waals surface area contributed by atoms with Crippen molar-refractivity contribution >= 4 is 11.4 Å². The summed E-state index contributed by atoms with van der Waals surface area (Å²) in [4.78, 5) is 16.3. The number of aromatic nitrogens is 2. The molecule has 188 valence electrons. The number of piperidine rings is 1. The average Bonchev–Trinajstić information content (AvgIpc) is 2.87. The van der Waals surface area contributed by atoms with Crippen LogP contribution in [0.2, 0.25) is 0 Å². The number of allylic oxidation sites excluding steroid dienone is 1. The van der Waals surface area contributed by atoms with Crippen molar-refractivity contribution in [1.29, 1.82) is 0 Å². The van der Waals surface area contributed by atoms with Crippen molar-refractivity contribution in [3.8, 4) is 11.1 Å². The standard InChI is InChI=1S/C31H39N5/c1-22(2)15-28-11-12-29(20-34-28)35-24(4)31(32-5)30-17-26(10-9-23(30)3)27-16-25(18-33-19-27)21-36-13-7-6-8-14-36/h9-12,16-20,22,35H,4,6-8,13-15,21H2,1-3,5H3. The van der Waals surface area contributed by atoms with E-state index in [1.165, 1.54) is 37.9 Å². The summed E-state index contributed by atoms with van der Waals surface area (Å²) < 4.78 is 0. The van der Waals surface area contributed by atoms with Gasteiger partial charge in [-0.1, -0.05) is 39.0 Å². The molecule has 3 heterocycles. The van der Waals surface area contributed by atoms with E-state index in [0.717, 1.165) is 58.0 Å². The number of aryl methyl sites for hydroxylation is 1. The summed E-state index contributed by atoms with van der Waals surface area (Å²) in [6, 6.07) is 12.9. The van der Waals surface area contributed by atoms with Crippen molar-refractivity contribution in [2.24, 2.45) is 10.9 Å². The van der Waals surface area contributed by atoms with Crippen LogP contribution in [0.3, 0.4) is 0 Å². The Morgan fingerprint density at radius 1 is 1.03 bits per heavy atom. The van der Waals surface area contributed by atoms with E-state index in [-0.39, 0.29) is 0 Å². The third-order valence-electron chi connectivity index (χ3n) is 6.72. The van der Waals surface area contributed by atoms with E-state index < -0.39 is 0 Å². The Morgan fingerprint density at radius 3 is 2.53 bits per heavy atom. The summed E-state index contributed by atoms with van der Waals surface area (Å²) in [6.07, 6.45) is 10.7. The average molecular weight is 482 g/mol. The van der Waals surface area contributed by atoms with Gasteiger partial charge in [0, 0.05) is 42.8 Å². The molecule has 0 atom stereocenters. The van der Waals surface area contributed by atoms with Gasteiger partial charge in [0.1, 0.15) is 0 Å². The molecule has 5 nitrogen and oxygen atoms in total. The first kappa shape index (κ1) is 25.8. The van der Waals surface area contributed by atoms with E-state index in [2.05, 4.69) is 88.9 Å². The maximum atomic E-state index is 4.61. The summed E-state index contributed by atoms with van der Waals surface area (Å²) in [6.45, 7) is 14.2. The smallest absolute Gasteiger partial charge is 0.0874 e. The molecule has 0 saturated carbocycles. The number of pyridine rings is 2. The molecular formula is C31H39N5. The van der Waals surface area contributed by atoms with Crippen LogP contribution in [0.4, 0.5) is 5.69 Å². The Bertz CT molecular complexity index is 1200. The van der Waals surface area contributed by atoms with Crippen LogP contribution in [0.25, 0.3) is 11.1 Å². The Kier molecular flexibility index (Phi) is 8.65. The Labute approximate surface area is 216 Å². The zero-order valence-corrected chi connectivity index (χ0v) is 22.2. The number of anilines is 1. The molecule has 0 radical (unpaired) electrons. The van der Waals surface area contributed by atoms with Crippen molar-refractivity contribution in [2.45, 2.75) is 53.0 Å². The first-order valence-electron chi connectivity index (χ1n) is 13.1. The highest BCUT2D eigenvalue weighted by atomic mass is 15.1. The molecule has 0 aliphatic carbocycles. The molecule has 0 spiro atoms. The highest BCUT2D eigenvalue weighted by Gasteiger charge is 2.14. The molecule has 5 heteroatoms. The van der Waals surface area contributed by atoms with Gasteiger partial charge in [0.25, 0.3) is 0 Å². The lowest BCUT2D eigenvalue weighted by atomic mass is 9.96. The Morgan fingerprint density at radius 2 is 1.83 bits per heavy atom. The predicted octanol–water partition coefficient (Wildman–Crippen LogP) is 6.68. The molecule has 1 N–H and O–H groups in total. The minimum atomic E-state index is 0.584. The number of rotatable bonds is 9. The molecule has 0 unspecified atom stereocenters. The molecule has 36 heavy (non-hydrogen) atoms. The van der Waals surface area contributed by atoms with Crippen LogP contribution in [-0.4, -0.2) is 40.7 Å². The van der Waals surface area contributed by atoms with Gasteiger partial charge in [0.05, 0.1) is 23.3 Å². The Hall–Kier alpha value is -3.31. The number of nitrogens with zero attached hydrogens (tertiary/aromatic N) is 4. The van der Waals surface area contributed by atoms with Gasteiger partial charge in [-0.3, -0.25) is 19.9 Å². The molecule has 1 saturated heterocycles. The molecular weight excluding hydrogens is 442 g/mol. The quantitative estimate of drug-likeness (QED) is 0.346. The monoisotopic (exact) mass is 481 g/mol. The van der Waals surface area contributed by atoms with Gasteiger partial charge in [-0.05, 0) is 86.1 Å². The fraction of sp³-hybridized carbons (Fsp3) is 0.387. The number of benzene rings is 1. The number of nitrogens with one attached hydrogen (secondary N) is 1. The minimum absolute atomic E-state index is 0.584. The fourth-order valence-corrected chi connectivity index (χ4v) is 4.85. The second kappa shape index (κ2) is 12.1. The maximum Gasteiger partial charge on any atom is 0.0874 e. The lowest BCUT2D eigenvalue weighted by Gasteiger charge is -2.26. The molecule has 2 aromatic heterocycles. The number of hydrogen-bond acceptors (Lipinski definition) is 5. The highest BCUT2D eigenvalue weighted by molar-refractivity contribution is 6.15. The molecule has 0 amide bonds. The first-order valence-corrected chi connectivity index (χ1v) is 13.1. The van der Waals surface area contributed by atoms with Crippen molar-refractivity contribution < 1.29 is 0 Å². The normalized spacial score (nSPS) is 14.8. The number of aliphatic imine (C=N–C) groups is 1. The van der Waals surface area contributed by atoms with Gasteiger partial charge in [0.15, 0.2) is 0 Å². The number of hydrogen-bond donors (Lipinski definition) is 1. The van der Waals surface area contributed by atoms with Crippen molar-refractivity contribution in [1.82, 2.24) is 14.9 Å². The van der Waals surface area contributed by atoms with E-state index in [1.807, 2.05) is 25.6 Å². The second-order valence-corrected chi connectivity index (χ2v) is 10.3. The zero-order chi connectivity index (χ0) is 25.5. The molecule has 4 rings (SSSR count). The molecule has 1 aliphatic rings. The van der Waals surface area contributed by atoms with Crippen LogP contribution in [-0.2, 0) is 13.0 Å². The van der Waals surface area contributed by atoms with Gasteiger partial charge in [-0.15, -0.1) is 0 Å². The van der Waals surface area contributed by atoms with Crippen LogP contribution in [0.1, 0.15) is 55.5 Å². The molecule has 0 bridgehead atoms. The van der Waals surface area contributed by atoms with E-state index in [9.17, 15) is 0 Å². The third kappa shape index (κ3) is 6.67.